The van der Waals surface area contributed by atoms with Gasteiger partial charge in [-0.05, 0) is 0 Å². The standard InChI is InChI=1S/C14H16N6O3/c1-21-8-4-7(5-9(22-2)11(8)23-3)20-12(15)10-13(18-6-17-10)19-14(20)16/h4-6H,15H2,1-3H3,(H2,16,17,18,19). The Bertz CT molecular complexity index is 905. The molecule has 4 N–H and O–H groups in total. The van der Waals surface area contributed by atoms with Gasteiger partial charge in [0.25, 0.3) is 0 Å². The summed E-state index contributed by atoms with van der Waals surface area (Å²) in [5.41, 5.74) is 7.61. The van der Waals surface area contributed by atoms with Crippen LogP contribution in [0.15, 0.2) is 18.5 Å². The number of nitrogen functional groups attached to an aromatic ring is 1. The molecule has 0 aliphatic rings. The summed E-state index contributed by atoms with van der Waals surface area (Å²) in [5.74, 6) is 1.68. The predicted molar refractivity (Wildman–Crippen MR) is 83.1 cm³/mol. The third kappa shape index (κ3) is 2.22. The number of nitrogens with two attached hydrogens (primary N) is 1. The highest BCUT2D eigenvalue weighted by Crippen LogP contribution is 2.39. The number of H-pyrrole nitrogens is 1. The minimum atomic E-state index is -0.0589. The third-order valence-corrected chi connectivity index (χ3v) is 3.45. The highest BCUT2D eigenvalue weighted by atomic mass is 16.5. The van der Waals surface area contributed by atoms with Crippen LogP contribution in [0.1, 0.15) is 0 Å². The number of anilines is 1. The molecule has 120 valence electrons. The van der Waals surface area contributed by atoms with Gasteiger partial charge in [0.1, 0.15) is 11.3 Å². The van der Waals surface area contributed by atoms with Gasteiger partial charge < -0.3 is 24.9 Å². The van der Waals surface area contributed by atoms with Crippen molar-refractivity contribution in [1.82, 2.24) is 19.5 Å². The van der Waals surface area contributed by atoms with Gasteiger partial charge in [0.2, 0.25) is 11.4 Å². The molecule has 2 aromatic heterocycles. The van der Waals surface area contributed by atoms with Crippen molar-refractivity contribution in [2.45, 2.75) is 0 Å². The molecule has 0 unspecified atom stereocenters. The Balaban J connectivity index is 2.32. The van der Waals surface area contributed by atoms with Crippen molar-refractivity contribution >= 4 is 17.0 Å². The first-order chi connectivity index (χ1) is 11.1. The first-order valence-corrected chi connectivity index (χ1v) is 6.67. The van der Waals surface area contributed by atoms with E-state index in [9.17, 15) is 0 Å². The van der Waals surface area contributed by atoms with Crippen LogP contribution in [0.5, 0.6) is 17.2 Å². The summed E-state index contributed by atoms with van der Waals surface area (Å²) in [6, 6.07) is 3.39. The number of nitrogens with zero attached hydrogens (tertiary/aromatic N) is 3. The summed E-state index contributed by atoms with van der Waals surface area (Å²) in [6.45, 7) is 0. The molecule has 23 heavy (non-hydrogen) atoms. The summed E-state index contributed by atoms with van der Waals surface area (Å²) >= 11 is 0. The highest BCUT2D eigenvalue weighted by molar-refractivity contribution is 5.82. The first kappa shape index (κ1) is 14.7. The van der Waals surface area contributed by atoms with E-state index >= 15 is 0 Å². The molecular weight excluding hydrogens is 300 g/mol. The summed E-state index contributed by atoms with van der Waals surface area (Å²) in [6.07, 6.45) is 1.48. The summed E-state index contributed by atoms with van der Waals surface area (Å²) in [4.78, 5) is 11.1. The third-order valence-electron chi connectivity index (χ3n) is 3.45. The molecule has 0 saturated heterocycles. The van der Waals surface area contributed by atoms with Crippen molar-refractivity contribution in [2.75, 3.05) is 27.1 Å². The number of methoxy groups -OCH3 is 3. The lowest BCUT2D eigenvalue weighted by Crippen LogP contribution is -2.24. The number of fused-ring (bicyclic) bond motifs is 1. The molecule has 0 atom stereocenters. The molecule has 0 aliphatic heterocycles. The summed E-state index contributed by atoms with van der Waals surface area (Å²) in [5, 5.41) is 8.13. The first-order valence-electron chi connectivity index (χ1n) is 6.67. The van der Waals surface area contributed by atoms with Crippen molar-refractivity contribution in [3.05, 3.63) is 24.1 Å². The van der Waals surface area contributed by atoms with Crippen molar-refractivity contribution in [1.29, 1.82) is 5.41 Å². The van der Waals surface area contributed by atoms with Crippen LogP contribution in [-0.4, -0.2) is 40.8 Å². The minimum Gasteiger partial charge on any atom is -0.493 e. The molecule has 3 rings (SSSR count). The molecule has 0 radical (unpaired) electrons. The van der Waals surface area contributed by atoms with Gasteiger partial charge in [0.15, 0.2) is 17.1 Å². The van der Waals surface area contributed by atoms with Crippen molar-refractivity contribution in [3.8, 4) is 22.9 Å². The average molecular weight is 316 g/mol. The molecule has 0 amide bonds. The van der Waals surface area contributed by atoms with Crippen LogP contribution in [0.25, 0.3) is 16.9 Å². The largest absolute Gasteiger partial charge is 0.493 e. The molecule has 9 nitrogen and oxygen atoms in total. The fraction of sp³-hybridized carbons (Fsp3) is 0.214. The number of imidazole rings is 1. The Morgan fingerprint density at radius 1 is 1.13 bits per heavy atom. The number of benzene rings is 1. The topological polar surface area (TPSA) is 124 Å². The molecule has 0 fully saturated rings. The SMILES string of the molecule is COc1cc(-n2c(N)c3[nH]cnc3nc2=N)cc(OC)c1OC. The minimum absolute atomic E-state index is 0.0589. The fourth-order valence-electron chi connectivity index (χ4n) is 2.39. The van der Waals surface area contributed by atoms with E-state index in [4.69, 9.17) is 25.4 Å². The maximum Gasteiger partial charge on any atom is 0.230 e. The Morgan fingerprint density at radius 2 is 1.78 bits per heavy atom. The van der Waals surface area contributed by atoms with Gasteiger partial charge in [-0.1, -0.05) is 0 Å². The molecule has 0 bridgehead atoms. The van der Waals surface area contributed by atoms with Crippen LogP contribution in [0, 0.1) is 5.41 Å². The van der Waals surface area contributed by atoms with E-state index in [1.54, 1.807) is 12.1 Å². The zero-order valence-corrected chi connectivity index (χ0v) is 12.9. The van der Waals surface area contributed by atoms with Crippen LogP contribution >= 0.6 is 0 Å². The van der Waals surface area contributed by atoms with Crippen LogP contribution in [0.2, 0.25) is 0 Å². The number of aromatic nitrogens is 4. The zero-order chi connectivity index (χ0) is 16.6. The van der Waals surface area contributed by atoms with Gasteiger partial charge in [0.05, 0.1) is 33.3 Å². The molecule has 2 heterocycles. The lowest BCUT2D eigenvalue weighted by Gasteiger charge is -2.16. The normalized spacial score (nSPS) is 10.7. The molecular formula is C14H16N6O3. The number of aromatic amines is 1. The molecule has 9 heteroatoms. The summed E-state index contributed by atoms with van der Waals surface area (Å²) < 4.78 is 17.4. The van der Waals surface area contributed by atoms with Crippen LogP contribution in [-0.2, 0) is 0 Å². The van der Waals surface area contributed by atoms with E-state index in [2.05, 4.69) is 15.0 Å². The second-order valence-corrected chi connectivity index (χ2v) is 4.64. The smallest absolute Gasteiger partial charge is 0.230 e. The molecule has 0 aliphatic carbocycles. The Labute approximate surface area is 131 Å². The van der Waals surface area contributed by atoms with E-state index in [-0.39, 0.29) is 5.62 Å². The molecule has 1 aromatic carbocycles. The number of ether oxygens (including phenoxy) is 3. The van der Waals surface area contributed by atoms with Crippen molar-refractivity contribution in [2.24, 2.45) is 0 Å². The fourth-order valence-corrected chi connectivity index (χ4v) is 2.39. The summed E-state index contributed by atoms with van der Waals surface area (Å²) in [7, 11) is 4.57. The van der Waals surface area contributed by atoms with Gasteiger partial charge in [-0.25, -0.2) is 4.98 Å². The monoisotopic (exact) mass is 316 g/mol. The van der Waals surface area contributed by atoms with Gasteiger partial charge in [-0.3, -0.25) is 9.98 Å². The van der Waals surface area contributed by atoms with Crippen LogP contribution in [0.4, 0.5) is 5.82 Å². The van der Waals surface area contributed by atoms with E-state index < -0.39 is 0 Å². The number of hydrogen-bond acceptors (Lipinski definition) is 7. The second-order valence-electron chi connectivity index (χ2n) is 4.64. The molecule has 3 aromatic rings. The maximum atomic E-state index is 8.13. The number of hydrogen-bond donors (Lipinski definition) is 3. The second kappa shape index (κ2) is 5.52. The van der Waals surface area contributed by atoms with E-state index in [1.165, 1.54) is 32.2 Å². The predicted octanol–water partition coefficient (Wildman–Crippen LogP) is 0.836. The van der Waals surface area contributed by atoms with Crippen LogP contribution in [0.3, 0.4) is 0 Å². The lowest BCUT2D eigenvalue weighted by molar-refractivity contribution is 0.324. The van der Waals surface area contributed by atoms with E-state index in [0.717, 1.165) is 0 Å². The van der Waals surface area contributed by atoms with Gasteiger partial charge in [-0.15, -0.1) is 0 Å². The highest BCUT2D eigenvalue weighted by Gasteiger charge is 2.17. The average Bonchev–Trinajstić information content (AvgIpc) is 3.02. The van der Waals surface area contributed by atoms with Crippen LogP contribution < -0.4 is 25.6 Å². The van der Waals surface area contributed by atoms with E-state index in [0.29, 0.717) is 39.9 Å². The number of nitrogens with one attached hydrogen (secondary N) is 2. The van der Waals surface area contributed by atoms with Gasteiger partial charge in [0, 0.05) is 12.1 Å². The van der Waals surface area contributed by atoms with Gasteiger partial charge in [-0.2, -0.15) is 4.98 Å². The van der Waals surface area contributed by atoms with E-state index in [1.807, 2.05) is 0 Å². The lowest BCUT2D eigenvalue weighted by atomic mass is 10.2. The van der Waals surface area contributed by atoms with Crippen molar-refractivity contribution in [3.63, 3.8) is 0 Å². The Morgan fingerprint density at radius 3 is 2.35 bits per heavy atom. The Kier molecular flexibility index (Phi) is 3.53. The van der Waals surface area contributed by atoms with Gasteiger partial charge >= 0.3 is 0 Å². The van der Waals surface area contributed by atoms with Crippen molar-refractivity contribution < 1.29 is 14.2 Å². The zero-order valence-electron chi connectivity index (χ0n) is 12.9. The molecule has 0 spiro atoms. The molecule has 0 saturated carbocycles. The quantitative estimate of drug-likeness (QED) is 0.655. The number of rotatable bonds is 4. The maximum absolute atomic E-state index is 8.13. The Hall–Kier alpha value is -3.23.